The standard InChI is InChI=1S/C19H17Cl3N2O4/c1-11(25)23-16(12-5-3-2-4-6-12)9-19(27)28-10-18(26)24-17-8-14(21)13(20)7-15(17)22/h2-8,16H,9-10H2,1H3,(H,23,25)(H,24,26)/t16-/m0/s1. The molecule has 0 aliphatic heterocycles. The maximum absolute atomic E-state index is 12.1. The topological polar surface area (TPSA) is 84.5 Å². The smallest absolute Gasteiger partial charge is 0.308 e. The van der Waals surface area contributed by atoms with Crippen LogP contribution in [-0.4, -0.2) is 24.4 Å². The number of nitrogens with one attached hydrogen (secondary N) is 2. The van der Waals surface area contributed by atoms with Gasteiger partial charge in [0.25, 0.3) is 5.91 Å². The zero-order valence-corrected chi connectivity index (χ0v) is 17.1. The average molecular weight is 444 g/mol. The first-order valence-corrected chi connectivity index (χ1v) is 9.31. The molecule has 2 aromatic rings. The van der Waals surface area contributed by atoms with Crippen molar-refractivity contribution < 1.29 is 19.1 Å². The van der Waals surface area contributed by atoms with E-state index in [1.165, 1.54) is 19.1 Å². The summed E-state index contributed by atoms with van der Waals surface area (Å²) >= 11 is 17.7. The van der Waals surface area contributed by atoms with E-state index in [0.29, 0.717) is 0 Å². The van der Waals surface area contributed by atoms with E-state index in [0.717, 1.165) is 5.56 Å². The molecule has 0 saturated heterocycles. The first-order chi connectivity index (χ1) is 13.3. The Morgan fingerprint density at radius 1 is 1.00 bits per heavy atom. The second kappa shape index (κ2) is 10.3. The first-order valence-electron chi connectivity index (χ1n) is 8.18. The molecule has 2 amide bonds. The van der Waals surface area contributed by atoms with Gasteiger partial charge in [-0.25, -0.2) is 0 Å². The Bertz CT molecular complexity index is 875. The van der Waals surface area contributed by atoms with E-state index in [9.17, 15) is 14.4 Å². The lowest BCUT2D eigenvalue weighted by atomic mass is 10.0. The number of halogens is 3. The molecule has 0 heterocycles. The van der Waals surface area contributed by atoms with Crippen LogP contribution in [0.5, 0.6) is 0 Å². The molecule has 0 aliphatic carbocycles. The van der Waals surface area contributed by atoms with Crippen molar-refractivity contribution in [1.82, 2.24) is 5.32 Å². The van der Waals surface area contributed by atoms with E-state index < -0.39 is 24.5 Å². The number of carbonyl (C=O) groups excluding carboxylic acids is 3. The molecule has 0 radical (unpaired) electrons. The van der Waals surface area contributed by atoms with E-state index in [1.54, 1.807) is 24.3 Å². The Balaban J connectivity index is 1.92. The monoisotopic (exact) mass is 442 g/mol. The summed E-state index contributed by atoms with van der Waals surface area (Å²) in [5.41, 5.74) is 0.999. The second-order valence-corrected chi connectivity index (χ2v) is 7.04. The van der Waals surface area contributed by atoms with Gasteiger partial charge < -0.3 is 15.4 Å². The Kier molecular flexibility index (Phi) is 8.11. The van der Waals surface area contributed by atoms with Gasteiger partial charge >= 0.3 is 5.97 Å². The van der Waals surface area contributed by atoms with Gasteiger partial charge in [-0.05, 0) is 17.7 Å². The summed E-state index contributed by atoms with van der Waals surface area (Å²) in [6, 6.07) is 11.2. The summed E-state index contributed by atoms with van der Waals surface area (Å²) in [6.07, 6.45) is -0.121. The lowest BCUT2D eigenvalue weighted by Gasteiger charge is -2.17. The van der Waals surface area contributed by atoms with Crippen LogP contribution in [0.4, 0.5) is 5.69 Å². The van der Waals surface area contributed by atoms with Crippen molar-refractivity contribution in [3.8, 4) is 0 Å². The van der Waals surface area contributed by atoms with E-state index in [2.05, 4.69) is 10.6 Å². The summed E-state index contributed by atoms with van der Waals surface area (Å²) < 4.78 is 5.00. The van der Waals surface area contributed by atoms with Crippen LogP contribution in [0, 0.1) is 0 Å². The summed E-state index contributed by atoms with van der Waals surface area (Å²) in [4.78, 5) is 35.5. The Labute approximate surface area is 177 Å². The summed E-state index contributed by atoms with van der Waals surface area (Å²) in [5.74, 6) is -1.52. The number of benzene rings is 2. The van der Waals surface area contributed by atoms with Crippen molar-refractivity contribution in [3.63, 3.8) is 0 Å². The average Bonchev–Trinajstić information content (AvgIpc) is 2.64. The number of hydrogen-bond acceptors (Lipinski definition) is 4. The largest absolute Gasteiger partial charge is 0.455 e. The summed E-state index contributed by atoms with van der Waals surface area (Å²) in [6.45, 7) is 0.840. The molecule has 0 saturated carbocycles. The minimum Gasteiger partial charge on any atom is -0.455 e. The van der Waals surface area contributed by atoms with Crippen molar-refractivity contribution in [2.45, 2.75) is 19.4 Å². The van der Waals surface area contributed by atoms with E-state index >= 15 is 0 Å². The van der Waals surface area contributed by atoms with Crippen LogP contribution >= 0.6 is 34.8 Å². The maximum Gasteiger partial charge on any atom is 0.308 e. The molecule has 1 atom stereocenters. The van der Waals surface area contributed by atoms with Crippen molar-refractivity contribution >= 4 is 58.3 Å². The van der Waals surface area contributed by atoms with Gasteiger partial charge in [-0.3, -0.25) is 14.4 Å². The van der Waals surface area contributed by atoms with Crippen molar-refractivity contribution in [1.29, 1.82) is 0 Å². The van der Waals surface area contributed by atoms with Crippen LogP contribution in [0.3, 0.4) is 0 Å². The second-order valence-electron chi connectivity index (χ2n) is 5.82. The van der Waals surface area contributed by atoms with Crippen LogP contribution in [0.25, 0.3) is 0 Å². The number of carbonyl (C=O) groups is 3. The lowest BCUT2D eigenvalue weighted by molar-refractivity contribution is -0.148. The van der Waals surface area contributed by atoms with Crippen LogP contribution < -0.4 is 10.6 Å². The Morgan fingerprint density at radius 3 is 2.29 bits per heavy atom. The fourth-order valence-electron chi connectivity index (χ4n) is 2.36. The number of anilines is 1. The molecule has 148 valence electrons. The van der Waals surface area contributed by atoms with E-state index in [-0.39, 0.29) is 33.1 Å². The zero-order valence-electron chi connectivity index (χ0n) is 14.8. The van der Waals surface area contributed by atoms with E-state index in [4.69, 9.17) is 39.5 Å². The summed E-state index contributed by atoms with van der Waals surface area (Å²) in [7, 11) is 0. The predicted molar refractivity (Wildman–Crippen MR) is 109 cm³/mol. The van der Waals surface area contributed by atoms with Crippen LogP contribution in [-0.2, 0) is 19.1 Å². The minimum absolute atomic E-state index is 0.121. The number of hydrogen-bond donors (Lipinski definition) is 2. The molecule has 0 bridgehead atoms. The molecule has 2 aromatic carbocycles. The molecule has 0 aliphatic rings. The highest BCUT2D eigenvalue weighted by Gasteiger charge is 2.19. The van der Waals surface area contributed by atoms with Crippen molar-refractivity contribution in [3.05, 3.63) is 63.1 Å². The fraction of sp³-hybridized carbons (Fsp3) is 0.211. The summed E-state index contributed by atoms with van der Waals surface area (Å²) in [5, 5.41) is 5.85. The third-order valence-corrected chi connectivity index (χ3v) is 4.63. The molecule has 2 rings (SSSR count). The van der Waals surface area contributed by atoms with Crippen LogP contribution in [0.2, 0.25) is 15.1 Å². The van der Waals surface area contributed by atoms with Gasteiger partial charge in [0.05, 0.1) is 33.2 Å². The fourth-order valence-corrected chi connectivity index (χ4v) is 2.95. The van der Waals surface area contributed by atoms with Crippen molar-refractivity contribution in [2.24, 2.45) is 0 Å². The lowest BCUT2D eigenvalue weighted by Crippen LogP contribution is -2.29. The van der Waals surface area contributed by atoms with Gasteiger partial charge in [-0.1, -0.05) is 65.1 Å². The SMILES string of the molecule is CC(=O)N[C@@H](CC(=O)OCC(=O)Nc1cc(Cl)c(Cl)cc1Cl)c1ccccc1. The highest BCUT2D eigenvalue weighted by molar-refractivity contribution is 6.44. The predicted octanol–water partition coefficient (Wildman–Crippen LogP) is 4.40. The molecule has 0 fully saturated rings. The molecule has 6 nitrogen and oxygen atoms in total. The van der Waals surface area contributed by atoms with Gasteiger partial charge in [0.2, 0.25) is 5.91 Å². The molecule has 2 N–H and O–H groups in total. The van der Waals surface area contributed by atoms with Crippen molar-refractivity contribution in [2.75, 3.05) is 11.9 Å². The molecule has 0 aromatic heterocycles. The third-order valence-electron chi connectivity index (χ3n) is 3.60. The number of rotatable bonds is 7. The van der Waals surface area contributed by atoms with Gasteiger partial charge in [0.15, 0.2) is 6.61 Å². The zero-order chi connectivity index (χ0) is 20.7. The maximum atomic E-state index is 12.1. The Hall–Kier alpha value is -2.28. The molecular weight excluding hydrogens is 427 g/mol. The van der Waals surface area contributed by atoms with E-state index in [1.807, 2.05) is 6.07 Å². The molecule has 0 spiro atoms. The molecule has 0 unspecified atom stereocenters. The van der Waals surface area contributed by atoms with Gasteiger partial charge in [0, 0.05) is 6.92 Å². The van der Waals surface area contributed by atoms with Gasteiger partial charge in [-0.15, -0.1) is 0 Å². The highest BCUT2D eigenvalue weighted by atomic mass is 35.5. The molecule has 9 heteroatoms. The number of esters is 1. The number of ether oxygens (including phenoxy) is 1. The molecular formula is C19H17Cl3N2O4. The van der Waals surface area contributed by atoms with Gasteiger partial charge in [0.1, 0.15) is 0 Å². The number of amides is 2. The van der Waals surface area contributed by atoms with Crippen LogP contribution in [0.15, 0.2) is 42.5 Å². The molecule has 28 heavy (non-hydrogen) atoms. The van der Waals surface area contributed by atoms with Gasteiger partial charge in [-0.2, -0.15) is 0 Å². The quantitative estimate of drug-likeness (QED) is 0.491. The normalized spacial score (nSPS) is 11.4. The minimum atomic E-state index is -0.641. The Morgan fingerprint density at radius 2 is 1.64 bits per heavy atom. The highest BCUT2D eigenvalue weighted by Crippen LogP contribution is 2.32. The van der Waals surface area contributed by atoms with Crippen LogP contribution in [0.1, 0.15) is 24.9 Å². The third kappa shape index (κ3) is 6.71. The first kappa shape index (κ1) is 22.0.